The van der Waals surface area contributed by atoms with Crippen LogP contribution in [0.15, 0.2) is 35.3 Å². The SMILES string of the molecule is Cc1ccn(C2CCNCC2)c(=O)c1C(=O)Nc1cccc(C(=O)NCC(C)C)c1C.Cl. The lowest BCUT2D eigenvalue weighted by atomic mass is 10.0. The second kappa shape index (κ2) is 11.3. The van der Waals surface area contributed by atoms with Crippen LogP contribution in [0.5, 0.6) is 0 Å². The Balaban J connectivity index is 0.00000363. The van der Waals surface area contributed by atoms with Crippen molar-refractivity contribution in [3.05, 3.63) is 63.1 Å². The summed E-state index contributed by atoms with van der Waals surface area (Å²) in [7, 11) is 0. The average molecular weight is 461 g/mol. The number of aryl methyl sites for hydroxylation is 1. The van der Waals surface area contributed by atoms with E-state index in [4.69, 9.17) is 0 Å². The van der Waals surface area contributed by atoms with Crippen molar-refractivity contribution >= 4 is 29.9 Å². The van der Waals surface area contributed by atoms with E-state index < -0.39 is 5.91 Å². The molecule has 1 fully saturated rings. The Bertz CT molecular complexity index is 1030. The van der Waals surface area contributed by atoms with E-state index in [9.17, 15) is 14.4 Å². The van der Waals surface area contributed by atoms with Crippen molar-refractivity contribution in [3.8, 4) is 0 Å². The number of halogens is 1. The van der Waals surface area contributed by atoms with Crippen molar-refractivity contribution in [1.29, 1.82) is 0 Å². The second-order valence-corrected chi connectivity index (χ2v) is 8.60. The van der Waals surface area contributed by atoms with Crippen LogP contribution in [-0.2, 0) is 0 Å². The van der Waals surface area contributed by atoms with Gasteiger partial charge < -0.3 is 20.5 Å². The van der Waals surface area contributed by atoms with E-state index in [1.54, 1.807) is 42.8 Å². The maximum Gasteiger partial charge on any atom is 0.263 e. The molecular formula is C24H33ClN4O3. The molecule has 1 aromatic carbocycles. The first-order valence-corrected chi connectivity index (χ1v) is 10.9. The van der Waals surface area contributed by atoms with Gasteiger partial charge in [-0.2, -0.15) is 0 Å². The Morgan fingerprint density at radius 2 is 1.81 bits per heavy atom. The van der Waals surface area contributed by atoms with Crippen molar-refractivity contribution in [3.63, 3.8) is 0 Å². The summed E-state index contributed by atoms with van der Waals surface area (Å²) in [5, 5.41) is 9.05. The van der Waals surface area contributed by atoms with E-state index in [-0.39, 0.29) is 35.5 Å². The highest BCUT2D eigenvalue weighted by Crippen LogP contribution is 2.21. The molecule has 0 spiro atoms. The summed E-state index contributed by atoms with van der Waals surface area (Å²) >= 11 is 0. The minimum absolute atomic E-state index is 0. The molecule has 0 aliphatic carbocycles. The van der Waals surface area contributed by atoms with Crippen molar-refractivity contribution < 1.29 is 9.59 Å². The summed E-state index contributed by atoms with van der Waals surface area (Å²) in [5.74, 6) is -0.282. The number of aromatic nitrogens is 1. The topological polar surface area (TPSA) is 92.2 Å². The van der Waals surface area contributed by atoms with Gasteiger partial charge in [-0.05, 0) is 75.0 Å². The number of carbonyl (C=O) groups excluding carboxylic acids is 2. The van der Waals surface area contributed by atoms with Gasteiger partial charge in [0.05, 0.1) is 0 Å². The first-order valence-electron chi connectivity index (χ1n) is 10.9. The fourth-order valence-corrected chi connectivity index (χ4v) is 3.88. The number of piperidine rings is 1. The van der Waals surface area contributed by atoms with Gasteiger partial charge >= 0.3 is 0 Å². The first kappa shape index (κ1) is 25.6. The summed E-state index contributed by atoms with van der Waals surface area (Å²) in [6, 6.07) is 7.13. The largest absolute Gasteiger partial charge is 0.352 e. The zero-order valence-corrected chi connectivity index (χ0v) is 20.0. The third-order valence-electron chi connectivity index (χ3n) is 5.75. The van der Waals surface area contributed by atoms with Crippen molar-refractivity contribution in [2.24, 2.45) is 5.92 Å². The summed E-state index contributed by atoms with van der Waals surface area (Å²) in [4.78, 5) is 38.8. The van der Waals surface area contributed by atoms with Crippen LogP contribution in [0.1, 0.15) is 64.6 Å². The third-order valence-corrected chi connectivity index (χ3v) is 5.75. The van der Waals surface area contributed by atoms with E-state index in [0.29, 0.717) is 34.8 Å². The van der Waals surface area contributed by atoms with Crippen LogP contribution in [0.4, 0.5) is 5.69 Å². The van der Waals surface area contributed by atoms with Crippen LogP contribution < -0.4 is 21.5 Å². The normalized spacial score (nSPS) is 14.0. The van der Waals surface area contributed by atoms with Crippen molar-refractivity contribution in [2.75, 3.05) is 25.0 Å². The minimum atomic E-state index is -0.450. The van der Waals surface area contributed by atoms with E-state index in [1.165, 1.54) is 0 Å². The van der Waals surface area contributed by atoms with Crippen LogP contribution in [-0.4, -0.2) is 36.0 Å². The molecule has 0 radical (unpaired) electrons. The lowest BCUT2D eigenvalue weighted by molar-refractivity contribution is 0.0947. The summed E-state index contributed by atoms with van der Waals surface area (Å²) in [5.41, 5.74) is 2.22. The lowest BCUT2D eigenvalue weighted by Gasteiger charge is -2.25. The molecule has 174 valence electrons. The molecule has 1 aliphatic heterocycles. The fourth-order valence-electron chi connectivity index (χ4n) is 3.88. The van der Waals surface area contributed by atoms with Crippen molar-refractivity contribution in [1.82, 2.24) is 15.2 Å². The Labute approximate surface area is 195 Å². The predicted octanol–water partition coefficient (Wildman–Crippen LogP) is 3.45. The highest BCUT2D eigenvalue weighted by molar-refractivity contribution is 6.06. The molecule has 2 aromatic rings. The zero-order chi connectivity index (χ0) is 22.5. The number of nitrogens with zero attached hydrogens (tertiary/aromatic N) is 1. The number of anilines is 1. The maximum absolute atomic E-state index is 13.1. The Hall–Kier alpha value is -2.64. The van der Waals surface area contributed by atoms with Gasteiger partial charge in [0.1, 0.15) is 5.56 Å². The van der Waals surface area contributed by atoms with Crippen LogP contribution in [0.3, 0.4) is 0 Å². The summed E-state index contributed by atoms with van der Waals surface area (Å²) in [6.07, 6.45) is 3.50. The highest BCUT2D eigenvalue weighted by Gasteiger charge is 2.22. The molecule has 3 rings (SSSR count). The average Bonchev–Trinajstić information content (AvgIpc) is 2.74. The smallest absolute Gasteiger partial charge is 0.263 e. The fraction of sp³-hybridized carbons (Fsp3) is 0.458. The van der Waals surface area contributed by atoms with Gasteiger partial charge in [0.25, 0.3) is 17.4 Å². The van der Waals surface area contributed by atoms with E-state index >= 15 is 0 Å². The van der Waals surface area contributed by atoms with E-state index in [2.05, 4.69) is 16.0 Å². The molecule has 0 saturated carbocycles. The van der Waals surface area contributed by atoms with Gasteiger partial charge in [-0.1, -0.05) is 19.9 Å². The second-order valence-electron chi connectivity index (χ2n) is 8.60. The highest BCUT2D eigenvalue weighted by atomic mass is 35.5. The Morgan fingerprint density at radius 3 is 2.47 bits per heavy atom. The Morgan fingerprint density at radius 1 is 1.12 bits per heavy atom. The van der Waals surface area contributed by atoms with Crippen LogP contribution >= 0.6 is 12.4 Å². The van der Waals surface area contributed by atoms with Crippen LogP contribution in [0.2, 0.25) is 0 Å². The molecular weight excluding hydrogens is 428 g/mol. The molecule has 3 N–H and O–H groups in total. The molecule has 1 saturated heterocycles. The molecule has 1 aliphatic rings. The molecule has 32 heavy (non-hydrogen) atoms. The van der Waals surface area contributed by atoms with Gasteiger partial charge in [0.2, 0.25) is 0 Å². The molecule has 7 nitrogen and oxygen atoms in total. The van der Waals surface area contributed by atoms with Gasteiger partial charge in [-0.3, -0.25) is 14.4 Å². The number of amides is 2. The quantitative estimate of drug-likeness (QED) is 0.615. The number of hydrogen-bond acceptors (Lipinski definition) is 4. The molecule has 1 aromatic heterocycles. The first-order chi connectivity index (χ1) is 14.8. The minimum Gasteiger partial charge on any atom is -0.352 e. The number of nitrogens with one attached hydrogen (secondary N) is 3. The molecule has 0 bridgehead atoms. The molecule has 0 atom stereocenters. The molecule has 0 unspecified atom stereocenters. The standard InChI is InChI=1S/C24H32N4O3.ClH/c1-15(2)14-26-22(29)19-6-5-7-20(17(19)4)27-23(30)21-16(3)10-13-28(24(21)31)18-8-11-25-12-9-18;/h5-7,10,13,15,18,25H,8-9,11-12,14H2,1-4H3,(H,26,29)(H,27,30);1H. The molecule has 8 heteroatoms. The van der Waals surface area contributed by atoms with Gasteiger partial charge in [0.15, 0.2) is 0 Å². The van der Waals surface area contributed by atoms with E-state index in [0.717, 1.165) is 25.9 Å². The van der Waals surface area contributed by atoms with Gasteiger partial charge in [-0.15, -0.1) is 12.4 Å². The summed E-state index contributed by atoms with van der Waals surface area (Å²) < 4.78 is 1.69. The monoisotopic (exact) mass is 460 g/mol. The van der Waals surface area contributed by atoms with Crippen LogP contribution in [0, 0.1) is 19.8 Å². The third kappa shape index (κ3) is 5.78. The van der Waals surface area contributed by atoms with Gasteiger partial charge in [-0.25, -0.2) is 0 Å². The number of carbonyl (C=O) groups is 2. The van der Waals surface area contributed by atoms with Crippen LogP contribution in [0.25, 0.3) is 0 Å². The number of pyridine rings is 1. The zero-order valence-electron chi connectivity index (χ0n) is 19.2. The Kier molecular flexibility index (Phi) is 9.04. The number of hydrogen-bond donors (Lipinski definition) is 3. The van der Waals surface area contributed by atoms with Crippen molar-refractivity contribution in [2.45, 2.75) is 46.6 Å². The molecule has 2 heterocycles. The lowest BCUT2D eigenvalue weighted by Crippen LogP contribution is -2.37. The molecule has 2 amide bonds. The number of rotatable bonds is 6. The summed E-state index contributed by atoms with van der Waals surface area (Å²) in [6.45, 7) is 9.92. The van der Waals surface area contributed by atoms with E-state index in [1.807, 2.05) is 19.9 Å². The van der Waals surface area contributed by atoms with Gasteiger partial charge in [0, 0.05) is 30.0 Å². The predicted molar refractivity (Wildman–Crippen MR) is 130 cm³/mol. The number of benzene rings is 1. The maximum atomic E-state index is 13.1.